The lowest BCUT2D eigenvalue weighted by molar-refractivity contribution is -0.144. The molecule has 1 atom stereocenters. The molecule has 0 aromatic carbocycles. The molecule has 0 saturated carbocycles. The number of rotatable bonds is 35. The molecule has 0 aromatic heterocycles. The lowest BCUT2D eigenvalue weighted by Gasteiger charge is -2.34. The molecule has 0 aliphatic rings. The fraction of sp³-hybridized carbons (Fsp3) is 0.889. The fourth-order valence-corrected chi connectivity index (χ4v) is 5.88. The highest BCUT2D eigenvalue weighted by molar-refractivity contribution is 5.86. The summed E-state index contributed by atoms with van der Waals surface area (Å²) >= 11 is 0. The first-order valence-corrected chi connectivity index (χ1v) is 19.5. The molecule has 0 spiro atoms. The smallest absolute Gasteiger partial charge is 0.242 e. The summed E-state index contributed by atoms with van der Waals surface area (Å²) in [5.41, 5.74) is 22.6. The summed E-state index contributed by atoms with van der Waals surface area (Å²) < 4.78 is 0. The normalized spacial score (nSPS) is 11.9. The van der Waals surface area contributed by atoms with Gasteiger partial charge in [-0.3, -0.25) is 24.1 Å². The molecule has 10 N–H and O–H groups in total. The fourth-order valence-electron chi connectivity index (χ4n) is 5.88. The number of unbranched alkanes of at least 4 members (excludes halogenated alkanes) is 14. The third kappa shape index (κ3) is 24.7. The minimum Gasteiger partial charge on any atom is -0.376 e. The molecule has 294 valence electrons. The van der Waals surface area contributed by atoms with Crippen LogP contribution in [0.15, 0.2) is 0 Å². The van der Waals surface area contributed by atoms with Crippen LogP contribution in [0.5, 0.6) is 0 Å². The van der Waals surface area contributed by atoms with E-state index in [9.17, 15) is 24.3 Å². The van der Waals surface area contributed by atoms with Crippen molar-refractivity contribution < 1.29 is 24.3 Å². The lowest BCUT2D eigenvalue weighted by Crippen LogP contribution is -2.53. The zero-order valence-corrected chi connectivity index (χ0v) is 31.8. The number of aliphatic hydroxyl groups is 1. The highest BCUT2D eigenvalue weighted by Crippen LogP contribution is 2.12. The van der Waals surface area contributed by atoms with Crippen LogP contribution in [0.1, 0.15) is 117 Å². The highest BCUT2D eigenvalue weighted by Gasteiger charge is 2.27. The predicted molar refractivity (Wildman–Crippen MR) is 202 cm³/mol. The third-order valence-corrected chi connectivity index (χ3v) is 8.85. The van der Waals surface area contributed by atoms with Crippen molar-refractivity contribution in [1.82, 2.24) is 24.9 Å². The van der Waals surface area contributed by atoms with Crippen molar-refractivity contribution in [2.75, 3.05) is 85.1 Å². The van der Waals surface area contributed by atoms with Gasteiger partial charge in [0.15, 0.2) is 0 Å². The van der Waals surface area contributed by atoms with Crippen LogP contribution in [0.4, 0.5) is 0 Å². The van der Waals surface area contributed by atoms with Crippen molar-refractivity contribution in [2.24, 2.45) is 22.9 Å². The summed E-state index contributed by atoms with van der Waals surface area (Å²) in [6.45, 7) is 6.22. The minimum absolute atomic E-state index is 0.0270. The topological polar surface area (TPSA) is 218 Å². The Bertz CT molecular complexity index is 883. The van der Waals surface area contributed by atoms with E-state index >= 15 is 0 Å². The maximum atomic E-state index is 13.6. The molecular formula is C36H75N9O5. The lowest BCUT2D eigenvalue weighted by atomic mass is 10.1. The minimum atomic E-state index is -1.16. The van der Waals surface area contributed by atoms with Gasteiger partial charge in [0.2, 0.25) is 23.6 Å². The van der Waals surface area contributed by atoms with Gasteiger partial charge in [0.05, 0.1) is 32.7 Å². The first-order valence-electron chi connectivity index (χ1n) is 19.5. The van der Waals surface area contributed by atoms with Gasteiger partial charge in [0, 0.05) is 52.4 Å². The van der Waals surface area contributed by atoms with Gasteiger partial charge in [-0.25, -0.2) is 0 Å². The number of nitrogens with one attached hydrogen (secondary N) is 1. The molecule has 4 amide bonds. The van der Waals surface area contributed by atoms with E-state index in [0.29, 0.717) is 26.2 Å². The molecule has 0 aliphatic carbocycles. The van der Waals surface area contributed by atoms with Crippen molar-refractivity contribution in [2.45, 2.75) is 123 Å². The van der Waals surface area contributed by atoms with Gasteiger partial charge in [-0.05, 0) is 12.8 Å². The first-order chi connectivity index (χ1) is 24.1. The van der Waals surface area contributed by atoms with Crippen molar-refractivity contribution in [3.05, 3.63) is 0 Å². The van der Waals surface area contributed by atoms with Crippen LogP contribution in [-0.4, -0.2) is 140 Å². The number of carbonyl (C=O) groups excluding carboxylic acids is 4. The molecule has 0 radical (unpaired) electrons. The number of carbonyl (C=O) groups is 4. The zero-order valence-electron chi connectivity index (χ0n) is 31.8. The Morgan fingerprint density at radius 1 is 0.560 bits per heavy atom. The SMILES string of the molecule is CCCCCCCCCCN(CC(N)=O)C(=O)CN(CCCCCCCCCC)C(O)CN(CCN)C(=O)CN(CCN)C(=O)CNCCN. The molecule has 14 nitrogen and oxygen atoms in total. The second-order valence-corrected chi connectivity index (χ2v) is 13.4. The Morgan fingerprint density at radius 2 is 1.02 bits per heavy atom. The van der Waals surface area contributed by atoms with Crippen molar-refractivity contribution in [1.29, 1.82) is 0 Å². The van der Waals surface area contributed by atoms with Gasteiger partial charge >= 0.3 is 0 Å². The summed E-state index contributed by atoms with van der Waals surface area (Å²) in [5.74, 6) is -1.52. The molecule has 0 aliphatic heterocycles. The van der Waals surface area contributed by atoms with Gasteiger partial charge in [-0.15, -0.1) is 0 Å². The largest absolute Gasteiger partial charge is 0.376 e. The number of amides is 4. The highest BCUT2D eigenvalue weighted by atomic mass is 16.3. The van der Waals surface area contributed by atoms with Crippen molar-refractivity contribution in [3.63, 3.8) is 0 Å². The van der Waals surface area contributed by atoms with Crippen LogP contribution in [0.25, 0.3) is 0 Å². The molecule has 50 heavy (non-hydrogen) atoms. The molecule has 14 heteroatoms. The number of nitrogens with zero attached hydrogens (tertiary/aromatic N) is 4. The van der Waals surface area contributed by atoms with E-state index in [1.165, 1.54) is 66.1 Å². The summed E-state index contributed by atoms with van der Waals surface area (Å²) in [6.07, 6.45) is 16.5. The number of hydrogen-bond donors (Lipinski definition) is 6. The van der Waals surface area contributed by atoms with E-state index in [2.05, 4.69) is 19.2 Å². The summed E-state index contributed by atoms with van der Waals surface area (Å²) in [7, 11) is 0. The molecule has 0 saturated heterocycles. The van der Waals surface area contributed by atoms with Crippen LogP contribution in [0.3, 0.4) is 0 Å². The number of hydrogen-bond acceptors (Lipinski definition) is 10. The van der Waals surface area contributed by atoms with Crippen LogP contribution in [-0.2, 0) is 19.2 Å². The van der Waals surface area contributed by atoms with E-state index in [1.54, 1.807) is 4.90 Å². The van der Waals surface area contributed by atoms with E-state index in [4.69, 9.17) is 22.9 Å². The van der Waals surface area contributed by atoms with Gasteiger partial charge in [-0.1, -0.05) is 104 Å². The average molecular weight is 714 g/mol. The van der Waals surface area contributed by atoms with Crippen LogP contribution in [0, 0.1) is 0 Å². The van der Waals surface area contributed by atoms with Crippen molar-refractivity contribution >= 4 is 23.6 Å². The average Bonchev–Trinajstić information content (AvgIpc) is 3.08. The van der Waals surface area contributed by atoms with Crippen LogP contribution in [0.2, 0.25) is 0 Å². The number of primary amides is 1. The molecule has 0 rings (SSSR count). The van der Waals surface area contributed by atoms with Crippen molar-refractivity contribution in [3.8, 4) is 0 Å². The first kappa shape index (κ1) is 47.6. The summed E-state index contributed by atoms with van der Waals surface area (Å²) in [4.78, 5) is 57.7. The maximum Gasteiger partial charge on any atom is 0.242 e. The van der Waals surface area contributed by atoms with Gasteiger partial charge in [0.1, 0.15) is 6.23 Å². The Balaban J connectivity index is 5.62. The predicted octanol–water partition coefficient (Wildman–Crippen LogP) is 1.33. The second kappa shape index (κ2) is 32.5. The van der Waals surface area contributed by atoms with E-state index in [-0.39, 0.29) is 76.6 Å². The standard InChI is InChI=1S/C36H75N9O5/c1-3-5-7-9-11-13-15-17-23-42(28-32(40)46)34(48)29-43(24-18-16-14-12-10-8-6-4-2)35(49)31-45(26-21-39)36(50)30-44(25-20-38)33(47)27-41-22-19-37/h35,41,49H,3-31,37-39H2,1-2H3,(H2,40,46). The molecule has 0 bridgehead atoms. The quantitative estimate of drug-likeness (QED) is 0.0409. The molecule has 0 heterocycles. The Kier molecular flexibility index (Phi) is 31.0. The summed E-state index contributed by atoms with van der Waals surface area (Å²) in [6, 6.07) is 0. The molecular weight excluding hydrogens is 638 g/mol. The Hall–Kier alpha value is -2.36. The summed E-state index contributed by atoms with van der Waals surface area (Å²) in [5, 5.41) is 14.4. The zero-order chi connectivity index (χ0) is 37.4. The van der Waals surface area contributed by atoms with Crippen LogP contribution >= 0.6 is 0 Å². The molecule has 0 fully saturated rings. The third-order valence-electron chi connectivity index (χ3n) is 8.85. The van der Waals surface area contributed by atoms with Crippen LogP contribution < -0.4 is 28.3 Å². The number of aliphatic hydroxyl groups excluding tert-OH is 1. The van der Waals surface area contributed by atoms with Gasteiger partial charge in [-0.2, -0.15) is 0 Å². The van der Waals surface area contributed by atoms with E-state index in [0.717, 1.165) is 51.4 Å². The molecule has 0 aromatic rings. The monoisotopic (exact) mass is 714 g/mol. The maximum absolute atomic E-state index is 13.6. The van der Waals surface area contributed by atoms with Gasteiger partial charge < -0.3 is 48.1 Å². The molecule has 1 unspecified atom stereocenters. The number of nitrogens with two attached hydrogens (primary N) is 4. The van der Waals surface area contributed by atoms with E-state index in [1.807, 2.05) is 0 Å². The Labute approximate surface area is 303 Å². The van der Waals surface area contributed by atoms with E-state index < -0.39 is 12.1 Å². The van der Waals surface area contributed by atoms with Gasteiger partial charge in [0.25, 0.3) is 0 Å². The Morgan fingerprint density at radius 3 is 1.52 bits per heavy atom. The second-order valence-electron chi connectivity index (χ2n) is 13.4.